The number of fused-ring (bicyclic) bond motifs is 3. The zero-order chi connectivity index (χ0) is 29.3. The van der Waals surface area contributed by atoms with E-state index >= 15 is 0 Å². The van der Waals surface area contributed by atoms with Crippen LogP contribution in [0.25, 0.3) is 5.76 Å². The van der Waals surface area contributed by atoms with E-state index in [-0.39, 0.29) is 12.0 Å². The van der Waals surface area contributed by atoms with Crippen LogP contribution >= 0.6 is 0 Å². The summed E-state index contributed by atoms with van der Waals surface area (Å²) >= 11 is 0. The van der Waals surface area contributed by atoms with E-state index in [9.17, 15) is 49.7 Å². The molecular formula is C25H27N3O11. The Labute approximate surface area is 221 Å². The number of nitrogens with zero attached hydrogens (tertiary/aromatic N) is 2. The molecule has 1 aromatic carbocycles. The van der Waals surface area contributed by atoms with Crippen LogP contribution in [-0.2, 0) is 23.9 Å². The van der Waals surface area contributed by atoms with Gasteiger partial charge in [0.05, 0.1) is 22.4 Å². The molecule has 1 aromatic rings. The molecule has 3 aliphatic rings. The number of ether oxygens (including phenoxy) is 1. The molecule has 3 aliphatic carbocycles. The standard InChI is InChI=1S/C25H27N3O11/c1-5-11(29)39-21-12-8(2)9-6-7-10(28(37)38)18(30)13(9)19(31)14(12)22(33)25(36)16(21)17(27(3)4)20(32)15(23(25)34)24(26)35/h6-8,12,16-17,21,30-31,34,36H,5H2,1-4H3,(H2,26,35)/t8-,12+,16+,17-,21-,25-/m1/s1. The van der Waals surface area contributed by atoms with E-state index in [1.165, 1.54) is 32.0 Å². The number of nitro benzene ring substituents is 1. The predicted molar refractivity (Wildman–Crippen MR) is 131 cm³/mol. The fourth-order valence-corrected chi connectivity index (χ4v) is 6.10. The van der Waals surface area contributed by atoms with Gasteiger partial charge in [-0.25, -0.2) is 0 Å². The van der Waals surface area contributed by atoms with Crippen molar-refractivity contribution in [2.24, 2.45) is 17.6 Å². The molecule has 14 heteroatoms. The van der Waals surface area contributed by atoms with E-state index in [0.717, 1.165) is 6.07 Å². The number of phenols is 1. The minimum absolute atomic E-state index is 0.153. The number of nitrogens with two attached hydrogens (primary N) is 1. The van der Waals surface area contributed by atoms with Gasteiger partial charge in [-0.15, -0.1) is 0 Å². The van der Waals surface area contributed by atoms with Crippen molar-refractivity contribution in [1.82, 2.24) is 4.90 Å². The maximum Gasteiger partial charge on any atom is 0.311 e. The molecule has 39 heavy (non-hydrogen) atoms. The number of carbonyl (C=O) groups excluding carboxylic acids is 4. The van der Waals surface area contributed by atoms with Gasteiger partial charge in [-0.1, -0.05) is 19.9 Å². The Balaban J connectivity index is 2.13. The number of amides is 1. The van der Waals surface area contributed by atoms with Crippen molar-refractivity contribution in [2.45, 2.75) is 43.9 Å². The normalized spacial score (nSPS) is 30.1. The van der Waals surface area contributed by atoms with Crippen LogP contribution in [0.5, 0.6) is 5.75 Å². The fourth-order valence-electron chi connectivity index (χ4n) is 6.10. The lowest BCUT2D eigenvalue weighted by molar-refractivity contribution is -0.385. The highest BCUT2D eigenvalue weighted by molar-refractivity contribution is 6.24. The quantitative estimate of drug-likeness (QED) is 0.146. The molecule has 0 radical (unpaired) electrons. The molecule has 1 saturated carbocycles. The van der Waals surface area contributed by atoms with Gasteiger partial charge >= 0.3 is 11.7 Å². The monoisotopic (exact) mass is 545 g/mol. The van der Waals surface area contributed by atoms with Gasteiger partial charge < -0.3 is 30.9 Å². The molecule has 0 spiro atoms. The van der Waals surface area contributed by atoms with Crippen LogP contribution in [0.2, 0.25) is 0 Å². The number of aliphatic hydroxyl groups excluding tert-OH is 2. The Bertz CT molecular complexity index is 1410. The highest BCUT2D eigenvalue weighted by Gasteiger charge is 2.69. The number of aromatic hydroxyl groups is 1. The van der Waals surface area contributed by atoms with Crippen molar-refractivity contribution >= 4 is 34.9 Å². The zero-order valence-electron chi connectivity index (χ0n) is 21.4. The van der Waals surface area contributed by atoms with Crippen molar-refractivity contribution in [3.05, 3.63) is 50.3 Å². The maximum atomic E-state index is 14.1. The van der Waals surface area contributed by atoms with Crippen LogP contribution in [0, 0.1) is 22.0 Å². The van der Waals surface area contributed by atoms with Crippen molar-refractivity contribution < 1.29 is 49.3 Å². The Kier molecular flexibility index (Phi) is 6.52. The van der Waals surface area contributed by atoms with E-state index in [2.05, 4.69) is 0 Å². The average molecular weight is 546 g/mol. The predicted octanol–water partition coefficient (Wildman–Crippen LogP) is 0.365. The third-order valence-corrected chi connectivity index (χ3v) is 7.83. The van der Waals surface area contributed by atoms with Gasteiger partial charge in [-0.3, -0.25) is 34.2 Å². The summed E-state index contributed by atoms with van der Waals surface area (Å²) in [5, 5.41) is 56.3. The number of likely N-dealkylation sites (N-methyl/N-ethyl adjacent to an activating group) is 1. The lowest BCUT2D eigenvalue weighted by Gasteiger charge is -2.54. The largest absolute Gasteiger partial charge is 0.508 e. The molecule has 0 aromatic heterocycles. The number of esters is 1. The summed E-state index contributed by atoms with van der Waals surface area (Å²) in [6, 6.07) is 0.791. The second kappa shape index (κ2) is 9.17. The smallest absolute Gasteiger partial charge is 0.311 e. The number of nitro groups is 1. The molecule has 6 atom stereocenters. The number of hydrogen-bond donors (Lipinski definition) is 5. The van der Waals surface area contributed by atoms with Crippen LogP contribution < -0.4 is 5.73 Å². The number of Topliss-reactive ketones (excluding diaryl/α,β-unsaturated/α-hetero) is 2. The van der Waals surface area contributed by atoms with Crippen molar-refractivity contribution in [1.29, 1.82) is 0 Å². The van der Waals surface area contributed by atoms with Gasteiger partial charge in [0.2, 0.25) is 11.5 Å². The third kappa shape index (κ3) is 3.62. The summed E-state index contributed by atoms with van der Waals surface area (Å²) in [4.78, 5) is 64.0. The van der Waals surface area contributed by atoms with Crippen LogP contribution in [0.4, 0.5) is 5.69 Å². The highest BCUT2D eigenvalue weighted by Crippen LogP contribution is 2.57. The van der Waals surface area contributed by atoms with E-state index < -0.39 is 104 Å². The summed E-state index contributed by atoms with van der Waals surface area (Å²) in [5.41, 5.74) is -0.464. The number of ketones is 2. The summed E-state index contributed by atoms with van der Waals surface area (Å²) < 4.78 is 5.70. The second-order valence-electron chi connectivity index (χ2n) is 10.0. The van der Waals surface area contributed by atoms with Crippen molar-refractivity contribution in [2.75, 3.05) is 14.1 Å². The minimum Gasteiger partial charge on any atom is -0.508 e. The van der Waals surface area contributed by atoms with Crippen molar-refractivity contribution in [3.8, 4) is 5.75 Å². The molecule has 1 fully saturated rings. The Morgan fingerprint density at radius 2 is 1.82 bits per heavy atom. The van der Waals surface area contributed by atoms with Gasteiger partial charge in [0.1, 0.15) is 23.2 Å². The number of rotatable bonds is 5. The Hall–Kier alpha value is -4.30. The van der Waals surface area contributed by atoms with E-state index in [0.29, 0.717) is 0 Å². The Morgan fingerprint density at radius 1 is 1.21 bits per heavy atom. The van der Waals surface area contributed by atoms with E-state index in [1.807, 2.05) is 0 Å². The summed E-state index contributed by atoms with van der Waals surface area (Å²) in [5.74, 6) is -11.6. The lowest BCUT2D eigenvalue weighted by atomic mass is 9.54. The summed E-state index contributed by atoms with van der Waals surface area (Å²) in [7, 11) is 2.82. The van der Waals surface area contributed by atoms with Crippen LogP contribution in [0.3, 0.4) is 0 Å². The number of primary amides is 1. The molecule has 0 unspecified atom stereocenters. The molecule has 6 N–H and O–H groups in total. The van der Waals surface area contributed by atoms with Gasteiger partial charge in [0, 0.05) is 24.0 Å². The summed E-state index contributed by atoms with van der Waals surface area (Å²) in [6.07, 6.45) is -1.69. The SMILES string of the molecule is CCC(=O)O[C@@H]1[C@@H]2C(=C(O)c3c(ccc([N+](=O)[O-])c3O)[C@H]2C)C(=O)[C@@]2(O)C(O)=C(C(N)=O)C(=O)[C@H](N(C)C)[C@@H]12. The molecule has 1 amide bonds. The molecule has 0 saturated heterocycles. The van der Waals surface area contributed by atoms with Gasteiger partial charge in [-0.2, -0.15) is 0 Å². The third-order valence-electron chi connectivity index (χ3n) is 7.83. The first-order valence-corrected chi connectivity index (χ1v) is 12.0. The first kappa shape index (κ1) is 27.7. The van der Waals surface area contributed by atoms with Crippen LogP contribution in [0.15, 0.2) is 29.0 Å². The van der Waals surface area contributed by atoms with Gasteiger partial charge in [0.15, 0.2) is 11.4 Å². The second-order valence-corrected chi connectivity index (χ2v) is 10.0. The molecule has 0 bridgehead atoms. The molecule has 0 aliphatic heterocycles. The zero-order valence-corrected chi connectivity index (χ0v) is 21.4. The average Bonchev–Trinajstić information content (AvgIpc) is 2.84. The number of carbonyl (C=O) groups is 4. The highest BCUT2D eigenvalue weighted by atomic mass is 16.6. The first-order chi connectivity index (χ1) is 18.1. The van der Waals surface area contributed by atoms with Crippen LogP contribution in [0.1, 0.15) is 37.3 Å². The molecule has 208 valence electrons. The molecule has 4 rings (SSSR count). The minimum atomic E-state index is -3.08. The van der Waals surface area contributed by atoms with Gasteiger partial charge in [-0.05, 0) is 25.6 Å². The fraction of sp³-hybridized carbons (Fsp3) is 0.440. The number of phenolic OH excluding ortho intramolecular Hbond substituents is 1. The van der Waals surface area contributed by atoms with Crippen LogP contribution in [-0.4, -0.2) is 85.5 Å². The van der Waals surface area contributed by atoms with Gasteiger partial charge in [0.25, 0.3) is 5.91 Å². The maximum absolute atomic E-state index is 14.1. The van der Waals surface area contributed by atoms with E-state index in [4.69, 9.17) is 10.5 Å². The molecular weight excluding hydrogens is 518 g/mol. The first-order valence-electron chi connectivity index (χ1n) is 12.0. The lowest BCUT2D eigenvalue weighted by Crippen LogP contribution is -2.71. The Morgan fingerprint density at radius 3 is 2.33 bits per heavy atom. The summed E-state index contributed by atoms with van der Waals surface area (Å²) in [6.45, 7) is 3.02. The molecule has 0 heterocycles. The van der Waals surface area contributed by atoms with Crippen molar-refractivity contribution in [3.63, 3.8) is 0 Å². The topological polar surface area (TPSA) is 231 Å². The number of benzene rings is 1. The number of hydrogen-bond acceptors (Lipinski definition) is 12. The van der Waals surface area contributed by atoms with E-state index in [1.54, 1.807) is 6.92 Å². The number of aliphatic hydroxyl groups is 3. The molecule has 14 nitrogen and oxygen atoms in total.